The Morgan fingerprint density at radius 3 is 2.40 bits per heavy atom. The zero-order valence-corrected chi connectivity index (χ0v) is 12.9. The first kappa shape index (κ1) is 15.3. The first-order valence-electron chi connectivity index (χ1n) is 7.78. The molecule has 0 aromatic heterocycles. The summed E-state index contributed by atoms with van der Waals surface area (Å²) in [7, 11) is 2.04. The molecular weight excluding hydrogens is 250 g/mol. The Kier molecular flexibility index (Phi) is 5.86. The number of benzene rings is 1. The molecule has 1 aromatic rings. The maximum Gasteiger partial charge on any atom is 0.119 e. The average molecular weight is 277 g/mol. The van der Waals surface area contributed by atoms with Gasteiger partial charge in [0.2, 0.25) is 0 Å². The van der Waals surface area contributed by atoms with Crippen LogP contribution in [0.3, 0.4) is 0 Å². The maximum absolute atomic E-state index is 5.63. The second-order valence-electron chi connectivity index (χ2n) is 5.49. The summed E-state index contributed by atoms with van der Waals surface area (Å²) in [6, 6.07) is 8.90. The average Bonchev–Trinajstić information content (AvgIpc) is 2.43. The monoisotopic (exact) mass is 277 g/mol. The van der Waals surface area contributed by atoms with Crippen molar-refractivity contribution in [3.63, 3.8) is 0 Å². The summed E-state index contributed by atoms with van der Waals surface area (Å²) in [5.74, 6) is 1.74. The molecule has 0 radical (unpaired) electrons. The fourth-order valence-corrected chi connectivity index (χ4v) is 2.96. The maximum atomic E-state index is 5.63. The van der Waals surface area contributed by atoms with E-state index in [-0.39, 0.29) is 0 Å². The van der Waals surface area contributed by atoms with Gasteiger partial charge in [0.05, 0.1) is 12.7 Å². The molecule has 1 saturated carbocycles. The largest absolute Gasteiger partial charge is 0.494 e. The van der Waals surface area contributed by atoms with Gasteiger partial charge in [-0.05, 0) is 63.8 Å². The van der Waals surface area contributed by atoms with Crippen molar-refractivity contribution in [2.75, 3.05) is 20.3 Å². The molecule has 1 aliphatic rings. The highest BCUT2D eigenvalue weighted by atomic mass is 16.5. The minimum Gasteiger partial charge on any atom is -0.494 e. The number of ether oxygens (including phenoxy) is 2. The van der Waals surface area contributed by atoms with Gasteiger partial charge in [-0.25, -0.2) is 0 Å². The fraction of sp³-hybridized carbons (Fsp3) is 0.647. The molecule has 3 heteroatoms. The number of hydrogen-bond acceptors (Lipinski definition) is 3. The van der Waals surface area contributed by atoms with E-state index in [0.29, 0.717) is 12.1 Å². The molecule has 112 valence electrons. The predicted octanol–water partition coefficient (Wildman–Crippen LogP) is 3.55. The molecule has 1 atom stereocenters. The normalized spacial score (nSPS) is 23.1. The lowest BCUT2D eigenvalue weighted by Gasteiger charge is -2.37. The van der Waals surface area contributed by atoms with Gasteiger partial charge in [0.15, 0.2) is 0 Å². The zero-order valence-electron chi connectivity index (χ0n) is 12.9. The lowest BCUT2D eigenvalue weighted by atomic mass is 9.77. The minimum atomic E-state index is 0.429. The van der Waals surface area contributed by atoms with E-state index in [1.54, 1.807) is 0 Å². The minimum absolute atomic E-state index is 0.429. The van der Waals surface area contributed by atoms with Crippen LogP contribution in [-0.4, -0.2) is 26.4 Å². The molecule has 1 unspecified atom stereocenters. The highest BCUT2D eigenvalue weighted by molar-refractivity contribution is 5.29. The van der Waals surface area contributed by atoms with E-state index >= 15 is 0 Å². The van der Waals surface area contributed by atoms with Crippen molar-refractivity contribution in [3.05, 3.63) is 29.8 Å². The van der Waals surface area contributed by atoms with Gasteiger partial charge >= 0.3 is 0 Å². The van der Waals surface area contributed by atoms with Crippen molar-refractivity contribution >= 4 is 0 Å². The quantitative estimate of drug-likeness (QED) is 0.788. The molecular formula is C17H27NO2. The molecule has 20 heavy (non-hydrogen) atoms. The van der Waals surface area contributed by atoms with Crippen LogP contribution >= 0.6 is 0 Å². The zero-order chi connectivity index (χ0) is 14.4. The third-order valence-electron chi connectivity index (χ3n) is 4.11. The van der Waals surface area contributed by atoms with E-state index in [9.17, 15) is 0 Å². The topological polar surface area (TPSA) is 30.5 Å². The van der Waals surface area contributed by atoms with Gasteiger partial charge in [-0.15, -0.1) is 0 Å². The second kappa shape index (κ2) is 7.65. The molecule has 0 saturated heterocycles. The van der Waals surface area contributed by atoms with E-state index in [1.165, 1.54) is 24.8 Å². The molecule has 0 amide bonds. The van der Waals surface area contributed by atoms with Gasteiger partial charge in [-0.1, -0.05) is 12.1 Å². The van der Waals surface area contributed by atoms with Gasteiger partial charge in [0.1, 0.15) is 5.75 Å². The first-order valence-corrected chi connectivity index (χ1v) is 7.78. The van der Waals surface area contributed by atoms with Crippen LogP contribution in [0.15, 0.2) is 24.3 Å². The van der Waals surface area contributed by atoms with Crippen molar-refractivity contribution in [2.24, 2.45) is 5.92 Å². The van der Waals surface area contributed by atoms with Crippen molar-refractivity contribution in [1.29, 1.82) is 0 Å². The second-order valence-corrected chi connectivity index (χ2v) is 5.49. The van der Waals surface area contributed by atoms with Crippen LogP contribution in [0.1, 0.15) is 44.7 Å². The van der Waals surface area contributed by atoms with Gasteiger partial charge in [-0.3, -0.25) is 0 Å². The molecule has 1 N–H and O–H groups in total. The van der Waals surface area contributed by atoms with Gasteiger partial charge in [0, 0.05) is 12.6 Å². The van der Waals surface area contributed by atoms with E-state index < -0.39 is 0 Å². The summed E-state index contributed by atoms with van der Waals surface area (Å²) >= 11 is 0. The molecule has 0 heterocycles. The summed E-state index contributed by atoms with van der Waals surface area (Å²) in [5.41, 5.74) is 1.34. The van der Waals surface area contributed by atoms with Crippen LogP contribution in [0, 0.1) is 5.92 Å². The Hall–Kier alpha value is -1.06. The van der Waals surface area contributed by atoms with E-state index in [4.69, 9.17) is 9.47 Å². The van der Waals surface area contributed by atoms with Crippen LogP contribution in [0.4, 0.5) is 0 Å². The Morgan fingerprint density at radius 1 is 1.15 bits per heavy atom. The van der Waals surface area contributed by atoms with E-state index in [0.717, 1.165) is 24.9 Å². The Labute approximate surface area is 122 Å². The van der Waals surface area contributed by atoms with Crippen molar-refractivity contribution in [3.8, 4) is 5.75 Å². The Morgan fingerprint density at radius 2 is 1.85 bits per heavy atom. The smallest absolute Gasteiger partial charge is 0.119 e. The standard InChI is InChI=1S/C17H27NO2/c1-4-19-15-8-6-14(7-9-15)17(18-3)12-13-10-16(11-13)20-5-2/h6-9,13,16-18H,4-5,10-12H2,1-3H3. The highest BCUT2D eigenvalue weighted by Gasteiger charge is 2.31. The van der Waals surface area contributed by atoms with Crippen molar-refractivity contribution < 1.29 is 9.47 Å². The van der Waals surface area contributed by atoms with Crippen molar-refractivity contribution in [2.45, 2.75) is 45.3 Å². The van der Waals surface area contributed by atoms with E-state index in [1.807, 2.05) is 14.0 Å². The lowest BCUT2D eigenvalue weighted by Crippen LogP contribution is -2.34. The van der Waals surface area contributed by atoms with Crippen molar-refractivity contribution in [1.82, 2.24) is 5.32 Å². The molecule has 0 aliphatic heterocycles. The van der Waals surface area contributed by atoms with E-state index in [2.05, 4.69) is 36.5 Å². The molecule has 0 spiro atoms. The predicted molar refractivity (Wildman–Crippen MR) is 82.2 cm³/mol. The molecule has 1 fully saturated rings. The first-order chi connectivity index (χ1) is 9.76. The number of hydrogen-bond donors (Lipinski definition) is 1. The number of rotatable bonds is 8. The summed E-state index contributed by atoms with van der Waals surface area (Å²) in [6.07, 6.45) is 4.11. The van der Waals surface area contributed by atoms with Gasteiger partial charge in [-0.2, -0.15) is 0 Å². The molecule has 1 aromatic carbocycles. The summed E-state index contributed by atoms with van der Waals surface area (Å²) < 4.78 is 11.1. The molecule has 0 bridgehead atoms. The fourth-order valence-electron chi connectivity index (χ4n) is 2.96. The SMILES string of the molecule is CCOc1ccc(C(CC2CC(OCC)C2)NC)cc1. The highest BCUT2D eigenvalue weighted by Crippen LogP contribution is 2.37. The van der Waals surface area contributed by atoms with Crippen LogP contribution in [0.2, 0.25) is 0 Å². The molecule has 1 aliphatic carbocycles. The third-order valence-corrected chi connectivity index (χ3v) is 4.11. The lowest BCUT2D eigenvalue weighted by molar-refractivity contribution is -0.0289. The number of nitrogens with one attached hydrogen (secondary N) is 1. The summed E-state index contributed by atoms with van der Waals surface area (Å²) in [4.78, 5) is 0. The summed E-state index contributed by atoms with van der Waals surface area (Å²) in [6.45, 7) is 5.64. The molecule has 2 rings (SSSR count). The molecule has 3 nitrogen and oxygen atoms in total. The Bertz CT molecular complexity index is 384. The van der Waals surface area contributed by atoms with Crippen LogP contribution in [0.25, 0.3) is 0 Å². The van der Waals surface area contributed by atoms with Crippen LogP contribution < -0.4 is 10.1 Å². The van der Waals surface area contributed by atoms with Gasteiger partial charge < -0.3 is 14.8 Å². The van der Waals surface area contributed by atoms with Gasteiger partial charge in [0.25, 0.3) is 0 Å². The van der Waals surface area contributed by atoms with Crippen LogP contribution in [0.5, 0.6) is 5.75 Å². The Balaban J connectivity index is 1.85. The van der Waals surface area contributed by atoms with Crippen LogP contribution in [-0.2, 0) is 4.74 Å². The summed E-state index contributed by atoms with van der Waals surface area (Å²) in [5, 5.41) is 3.43. The third kappa shape index (κ3) is 3.97.